The number of aromatic nitrogens is 3. The minimum absolute atomic E-state index is 0.0677. The van der Waals surface area contributed by atoms with Crippen LogP contribution in [0.2, 0.25) is 0 Å². The van der Waals surface area contributed by atoms with Crippen LogP contribution in [0.4, 0.5) is 0 Å². The first kappa shape index (κ1) is 23.3. The molecular weight excluding hydrogens is 412 g/mol. The number of thioether (sulfide) groups is 1. The van der Waals surface area contributed by atoms with Crippen LogP contribution in [0.1, 0.15) is 52.5 Å². The summed E-state index contributed by atoms with van der Waals surface area (Å²) < 4.78 is 7.07. The molecule has 0 aliphatic carbocycles. The number of benzene rings is 1. The molecule has 1 atom stereocenters. The number of hydrogen-bond acceptors (Lipinski definition) is 6. The minimum Gasteiger partial charge on any atom is -0.464 e. The van der Waals surface area contributed by atoms with E-state index in [4.69, 9.17) is 4.74 Å². The molecule has 2 heterocycles. The maximum absolute atomic E-state index is 12.8. The van der Waals surface area contributed by atoms with E-state index in [0.717, 1.165) is 24.2 Å². The number of piperidine rings is 1. The summed E-state index contributed by atoms with van der Waals surface area (Å²) in [6.07, 6.45) is 2.50. The van der Waals surface area contributed by atoms with Gasteiger partial charge in [0.15, 0.2) is 11.0 Å². The Balaban J connectivity index is 1.67. The molecule has 0 saturated carbocycles. The first-order valence-corrected chi connectivity index (χ1v) is 11.8. The Kier molecular flexibility index (Phi) is 7.41. The van der Waals surface area contributed by atoms with E-state index in [-0.39, 0.29) is 23.0 Å². The summed E-state index contributed by atoms with van der Waals surface area (Å²) in [5, 5.41) is 9.28. The molecule has 7 nitrogen and oxygen atoms in total. The van der Waals surface area contributed by atoms with Crippen molar-refractivity contribution >= 4 is 23.6 Å². The van der Waals surface area contributed by atoms with Gasteiger partial charge in [-0.3, -0.25) is 4.79 Å². The van der Waals surface area contributed by atoms with Crippen LogP contribution in [-0.4, -0.2) is 56.5 Å². The summed E-state index contributed by atoms with van der Waals surface area (Å²) in [6.45, 7) is 9.25. The number of carbonyl (C=O) groups excluding carboxylic acids is 2. The fourth-order valence-corrected chi connectivity index (χ4v) is 4.53. The molecule has 168 valence electrons. The second kappa shape index (κ2) is 9.85. The zero-order chi connectivity index (χ0) is 22.6. The van der Waals surface area contributed by atoms with Crippen molar-refractivity contribution in [3.05, 3.63) is 29.8 Å². The summed E-state index contributed by atoms with van der Waals surface area (Å²) in [4.78, 5) is 26.8. The number of esters is 1. The predicted molar refractivity (Wildman–Crippen MR) is 122 cm³/mol. The monoisotopic (exact) mass is 444 g/mol. The van der Waals surface area contributed by atoms with Gasteiger partial charge in [0.2, 0.25) is 5.91 Å². The second-order valence-corrected chi connectivity index (χ2v) is 9.77. The Bertz CT molecular complexity index is 918. The third-order valence-corrected chi connectivity index (χ3v) is 6.56. The van der Waals surface area contributed by atoms with Gasteiger partial charge in [-0.2, -0.15) is 0 Å². The molecule has 1 amide bonds. The van der Waals surface area contributed by atoms with Gasteiger partial charge in [-0.25, -0.2) is 4.79 Å². The van der Waals surface area contributed by atoms with Gasteiger partial charge in [-0.05, 0) is 37.2 Å². The van der Waals surface area contributed by atoms with E-state index in [1.54, 1.807) is 11.8 Å². The number of hydrogen-bond donors (Lipinski definition) is 0. The Morgan fingerprint density at radius 2 is 1.87 bits per heavy atom. The molecule has 1 aliphatic rings. The van der Waals surface area contributed by atoms with Crippen molar-refractivity contribution in [2.24, 2.45) is 7.05 Å². The van der Waals surface area contributed by atoms with Gasteiger partial charge in [0, 0.05) is 19.2 Å². The molecule has 0 unspecified atom stereocenters. The summed E-state index contributed by atoms with van der Waals surface area (Å²) in [5.41, 5.74) is 2.34. The van der Waals surface area contributed by atoms with Gasteiger partial charge in [-0.1, -0.05) is 56.8 Å². The molecule has 31 heavy (non-hydrogen) atoms. The Hall–Kier alpha value is -2.35. The van der Waals surface area contributed by atoms with Crippen molar-refractivity contribution in [3.8, 4) is 11.4 Å². The zero-order valence-corrected chi connectivity index (χ0v) is 19.9. The molecule has 0 spiro atoms. The lowest BCUT2D eigenvalue weighted by atomic mass is 9.87. The van der Waals surface area contributed by atoms with Crippen LogP contribution < -0.4 is 0 Å². The summed E-state index contributed by atoms with van der Waals surface area (Å²) in [7, 11) is 1.90. The van der Waals surface area contributed by atoms with Gasteiger partial charge in [0.1, 0.15) is 6.04 Å². The fourth-order valence-electron chi connectivity index (χ4n) is 3.73. The van der Waals surface area contributed by atoms with E-state index in [1.165, 1.54) is 17.3 Å². The molecule has 2 aromatic rings. The van der Waals surface area contributed by atoms with E-state index in [0.29, 0.717) is 24.7 Å². The van der Waals surface area contributed by atoms with Gasteiger partial charge >= 0.3 is 5.97 Å². The topological polar surface area (TPSA) is 77.3 Å². The molecule has 0 bridgehead atoms. The molecule has 1 aromatic carbocycles. The standard InChI is InChI=1S/C23H32N4O3S/c1-6-30-21(29)18-9-7-8-14-27(18)19(28)15-31-22-25-24-20(26(22)5)16-10-12-17(13-11-16)23(2,3)4/h10-13,18H,6-9,14-15H2,1-5H3/t18-/m0/s1. The minimum atomic E-state index is -0.474. The predicted octanol–water partition coefficient (Wildman–Crippen LogP) is 3.82. The van der Waals surface area contributed by atoms with Crippen molar-refractivity contribution in [2.45, 2.75) is 63.6 Å². The van der Waals surface area contributed by atoms with E-state index in [2.05, 4.69) is 55.2 Å². The highest BCUT2D eigenvalue weighted by molar-refractivity contribution is 7.99. The smallest absolute Gasteiger partial charge is 0.328 e. The Morgan fingerprint density at radius 3 is 2.52 bits per heavy atom. The molecule has 1 aliphatic heterocycles. The molecule has 0 radical (unpaired) electrons. The van der Waals surface area contributed by atoms with Crippen LogP contribution >= 0.6 is 11.8 Å². The number of rotatable bonds is 6. The third-order valence-electron chi connectivity index (χ3n) is 5.55. The first-order chi connectivity index (χ1) is 14.7. The summed E-state index contributed by atoms with van der Waals surface area (Å²) >= 11 is 1.34. The Labute approximate surface area is 188 Å². The van der Waals surface area contributed by atoms with Crippen LogP contribution in [0.25, 0.3) is 11.4 Å². The van der Waals surface area contributed by atoms with E-state index in [9.17, 15) is 9.59 Å². The van der Waals surface area contributed by atoms with Crippen LogP contribution in [0.3, 0.4) is 0 Å². The second-order valence-electron chi connectivity index (χ2n) is 8.83. The van der Waals surface area contributed by atoms with Crippen LogP contribution in [0, 0.1) is 0 Å². The molecule has 8 heteroatoms. The van der Waals surface area contributed by atoms with Crippen LogP contribution in [0.15, 0.2) is 29.4 Å². The lowest BCUT2D eigenvalue weighted by Gasteiger charge is -2.33. The fraction of sp³-hybridized carbons (Fsp3) is 0.565. The first-order valence-electron chi connectivity index (χ1n) is 10.8. The van der Waals surface area contributed by atoms with Crippen molar-refractivity contribution < 1.29 is 14.3 Å². The highest BCUT2D eigenvalue weighted by atomic mass is 32.2. The van der Waals surface area contributed by atoms with Crippen LogP contribution in [0.5, 0.6) is 0 Å². The normalized spacial score (nSPS) is 16.9. The van der Waals surface area contributed by atoms with Crippen molar-refractivity contribution in [2.75, 3.05) is 18.9 Å². The number of ether oxygens (including phenoxy) is 1. The molecular formula is C23H32N4O3S. The van der Waals surface area contributed by atoms with Crippen LogP contribution in [-0.2, 0) is 26.8 Å². The number of amides is 1. The highest BCUT2D eigenvalue weighted by Crippen LogP contribution is 2.27. The van der Waals surface area contributed by atoms with E-state index in [1.807, 2.05) is 11.6 Å². The Morgan fingerprint density at radius 1 is 1.16 bits per heavy atom. The van der Waals surface area contributed by atoms with E-state index < -0.39 is 6.04 Å². The summed E-state index contributed by atoms with van der Waals surface area (Å²) in [6, 6.07) is 7.88. The number of carbonyl (C=O) groups is 2. The van der Waals surface area contributed by atoms with Gasteiger partial charge < -0.3 is 14.2 Å². The van der Waals surface area contributed by atoms with E-state index >= 15 is 0 Å². The lowest BCUT2D eigenvalue weighted by Crippen LogP contribution is -2.49. The molecule has 1 fully saturated rings. The van der Waals surface area contributed by atoms with Crippen molar-refractivity contribution in [1.82, 2.24) is 19.7 Å². The molecule has 3 rings (SSSR count). The quantitative estimate of drug-likeness (QED) is 0.498. The molecule has 1 saturated heterocycles. The van der Waals surface area contributed by atoms with Gasteiger partial charge in [0.25, 0.3) is 0 Å². The molecule has 0 N–H and O–H groups in total. The lowest BCUT2D eigenvalue weighted by molar-refractivity contribution is -0.155. The third kappa shape index (κ3) is 5.47. The largest absolute Gasteiger partial charge is 0.464 e. The average Bonchev–Trinajstić information content (AvgIpc) is 3.12. The SMILES string of the molecule is CCOC(=O)[C@@H]1CCCCN1C(=O)CSc1nnc(-c2ccc(C(C)(C)C)cc2)n1C. The average molecular weight is 445 g/mol. The maximum Gasteiger partial charge on any atom is 0.328 e. The van der Waals surface area contributed by atoms with Crippen molar-refractivity contribution in [1.29, 1.82) is 0 Å². The highest BCUT2D eigenvalue weighted by Gasteiger charge is 2.33. The summed E-state index contributed by atoms with van der Waals surface area (Å²) in [5.74, 6) is 0.602. The number of likely N-dealkylation sites (tertiary alicyclic amines) is 1. The van der Waals surface area contributed by atoms with Crippen molar-refractivity contribution in [3.63, 3.8) is 0 Å². The van der Waals surface area contributed by atoms with Gasteiger partial charge in [0.05, 0.1) is 12.4 Å². The van der Waals surface area contributed by atoms with Gasteiger partial charge in [-0.15, -0.1) is 10.2 Å². The zero-order valence-electron chi connectivity index (χ0n) is 19.1. The number of nitrogens with zero attached hydrogens (tertiary/aromatic N) is 4. The molecule has 1 aromatic heterocycles. The maximum atomic E-state index is 12.8.